The van der Waals surface area contributed by atoms with E-state index >= 15 is 0 Å². The summed E-state index contributed by atoms with van der Waals surface area (Å²) in [5.41, 5.74) is -0.343. The Bertz CT molecular complexity index is 504. The predicted octanol–water partition coefficient (Wildman–Crippen LogP) is 2.04. The van der Waals surface area contributed by atoms with Crippen LogP contribution in [-0.4, -0.2) is 14.7 Å². The molecular formula is C9H5F3N2OS. The molecule has 1 unspecified atom stereocenters. The van der Waals surface area contributed by atoms with E-state index in [1.165, 1.54) is 6.20 Å². The smallest absolute Gasteiger partial charge is 0.194 e. The molecule has 16 heavy (non-hydrogen) atoms. The van der Waals surface area contributed by atoms with Crippen LogP contribution in [0.3, 0.4) is 0 Å². The Kier molecular flexibility index (Phi) is 2.88. The van der Waals surface area contributed by atoms with Crippen LogP contribution in [0.1, 0.15) is 16.5 Å². The fraction of sp³-hybridized carbons (Fsp3) is 0.111. The molecule has 0 bridgehead atoms. The number of aromatic nitrogens is 2. The van der Waals surface area contributed by atoms with Crippen molar-refractivity contribution in [1.29, 1.82) is 0 Å². The first kappa shape index (κ1) is 11.0. The van der Waals surface area contributed by atoms with Crippen molar-refractivity contribution in [2.45, 2.75) is 6.10 Å². The summed E-state index contributed by atoms with van der Waals surface area (Å²) in [5, 5.41) is 13.1. The number of rotatable bonds is 2. The first-order valence-electron chi connectivity index (χ1n) is 4.20. The molecule has 7 heteroatoms. The second-order valence-electron chi connectivity index (χ2n) is 2.99. The summed E-state index contributed by atoms with van der Waals surface area (Å²) < 4.78 is 42.3. The van der Waals surface area contributed by atoms with Gasteiger partial charge in [-0.15, -0.1) is 5.10 Å². The molecule has 0 saturated carbocycles. The summed E-state index contributed by atoms with van der Waals surface area (Å²) in [5.74, 6) is -4.30. The predicted molar refractivity (Wildman–Crippen MR) is 50.3 cm³/mol. The van der Waals surface area contributed by atoms with Gasteiger partial charge in [-0.1, -0.05) is 4.49 Å². The molecule has 84 valence electrons. The molecule has 0 saturated heterocycles. The van der Waals surface area contributed by atoms with Crippen LogP contribution < -0.4 is 0 Å². The first-order chi connectivity index (χ1) is 7.61. The van der Waals surface area contributed by atoms with Gasteiger partial charge < -0.3 is 5.11 Å². The van der Waals surface area contributed by atoms with E-state index in [0.717, 1.165) is 23.7 Å². The topological polar surface area (TPSA) is 46.0 Å². The minimum Gasteiger partial charge on any atom is -0.383 e. The quantitative estimate of drug-likeness (QED) is 0.825. The SMILES string of the molecule is OC(c1cnns1)c1ccc(F)c(F)c1F. The van der Waals surface area contributed by atoms with Crippen molar-refractivity contribution in [1.82, 2.24) is 9.59 Å². The highest BCUT2D eigenvalue weighted by Gasteiger charge is 2.21. The molecule has 1 aromatic heterocycles. The van der Waals surface area contributed by atoms with Crippen LogP contribution in [0.15, 0.2) is 18.3 Å². The van der Waals surface area contributed by atoms with Gasteiger partial charge in [0, 0.05) is 5.56 Å². The second-order valence-corrected chi connectivity index (χ2v) is 3.80. The lowest BCUT2D eigenvalue weighted by molar-refractivity contribution is 0.216. The van der Waals surface area contributed by atoms with E-state index in [9.17, 15) is 18.3 Å². The summed E-state index contributed by atoms with van der Waals surface area (Å²) in [6, 6.07) is 1.74. The molecule has 0 radical (unpaired) electrons. The molecule has 0 aliphatic rings. The van der Waals surface area contributed by atoms with E-state index in [-0.39, 0.29) is 10.4 Å². The Morgan fingerprint density at radius 1 is 1.19 bits per heavy atom. The number of nitrogens with zero attached hydrogens (tertiary/aromatic N) is 2. The third-order valence-corrected chi connectivity index (χ3v) is 2.72. The van der Waals surface area contributed by atoms with Gasteiger partial charge in [-0.05, 0) is 23.7 Å². The molecule has 0 spiro atoms. The summed E-state index contributed by atoms with van der Waals surface area (Å²) >= 11 is 0.851. The minimum absolute atomic E-state index is 0.255. The van der Waals surface area contributed by atoms with E-state index in [0.29, 0.717) is 0 Å². The Morgan fingerprint density at radius 2 is 1.94 bits per heavy atom. The lowest BCUT2D eigenvalue weighted by atomic mass is 10.1. The van der Waals surface area contributed by atoms with Gasteiger partial charge in [0.2, 0.25) is 0 Å². The monoisotopic (exact) mass is 246 g/mol. The molecule has 1 atom stereocenters. The van der Waals surface area contributed by atoms with Crippen molar-refractivity contribution in [2.24, 2.45) is 0 Å². The number of hydrogen-bond acceptors (Lipinski definition) is 4. The van der Waals surface area contributed by atoms with Gasteiger partial charge in [0.1, 0.15) is 6.10 Å². The molecule has 0 fully saturated rings. The van der Waals surface area contributed by atoms with Gasteiger partial charge in [0.15, 0.2) is 17.5 Å². The normalized spacial score (nSPS) is 12.8. The Morgan fingerprint density at radius 3 is 2.56 bits per heavy atom. The Hall–Kier alpha value is -1.47. The number of aliphatic hydroxyl groups excluding tert-OH is 1. The summed E-state index contributed by atoms with van der Waals surface area (Å²) in [6.45, 7) is 0. The van der Waals surface area contributed by atoms with Gasteiger partial charge in [0.25, 0.3) is 0 Å². The zero-order valence-electron chi connectivity index (χ0n) is 7.69. The maximum Gasteiger partial charge on any atom is 0.194 e. The number of halogens is 3. The highest BCUT2D eigenvalue weighted by Crippen LogP contribution is 2.27. The summed E-state index contributed by atoms with van der Waals surface area (Å²) in [7, 11) is 0. The van der Waals surface area contributed by atoms with Crippen LogP contribution in [0.25, 0.3) is 0 Å². The average molecular weight is 246 g/mol. The van der Waals surface area contributed by atoms with E-state index in [1.54, 1.807) is 0 Å². The molecule has 0 aliphatic carbocycles. The molecule has 1 aromatic carbocycles. The fourth-order valence-corrected chi connectivity index (χ4v) is 1.71. The second kappa shape index (κ2) is 4.18. The van der Waals surface area contributed by atoms with Crippen molar-refractivity contribution in [3.8, 4) is 0 Å². The van der Waals surface area contributed by atoms with Gasteiger partial charge in [-0.3, -0.25) is 0 Å². The lowest BCUT2D eigenvalue weighted by Crippen LogP contribution is -2.04. The number of hydrogen-bond donors (Lipinski definition) is 1. The Balaban J connectivity index is 2.45. The van der Waals surface area contributed by atoms with Crippen LogP contribution in [-0.2, 0) is 0 Å². The van der Waals surface area contributed by atoms with E-state index in [4.69, 9.17) is 0 Å². The van der Waals surface area contributed by atoms with Crippen molar-refractivity contribution in [3.05, 3.63) is 46.2 Å². The maximum absolute atomic E-state index is 13.3. The average Bonchev–Trinajstić information content (AvgIpc) is 2.79. The van der Waals surface area contributed by atoms with Crippen molar-refractivity contribution in [3.63, 3.8) is 0 Å². The molecule has 1 N–H and O–H groups in total. The van der Waals surface area contributed by atoms with Gasteiger partial charge >= 0.3 is 0 Å². The zero-order valence-corrected chi connectivity index (χ0v) is 8.51. The van der Waals surface area contributed by atoms with Crippen molar-refractivity contribution in [2.75, 3.05) is 0 Å². The van der Waals surface area contributed by atoms with Crippen LogP contribution in [0.5, 0.6) is 0 Å². The molecule has 2 rings (SSSR count). The third kappa shape index (κ3) is 1.79. The molecule has 0 aliphatic heterocycles. The largest absolute Gasteiger partial charge is 0.383 e. The Labute approximate surface area is 92.3 Å². The summed E-state index contributed by atoms with van der Waals surface area (Å²) in [4.78, 5) is 0.255. The van der Waals surface area contributed by atoms with Crippen LogP contribution in [0.4, 0.5) is 13.2 Å². The molecule has 0 amide bonds. The first-order valence-corrected chi connectivity index (χ1v) is 4.97. The van der Waals surface area contributed by atoms with E-state index in [1.807, 2.05) is 0 Å². The van der Waals surface area contributed by atoms with E-state index < -0.39 is 23.6 Å². The van der Waals surface area contributed by atoms with Crippen LogP contribution in [0.2, 0.25) is 0 Å². The fourth-order valence-electron chi connectivity index (χ4n) is 1.20. The lowest BCUT2D eigenvalue weighted by Gasteiger charge is -2.09. The molecule has 2 aromatic rings. The maximum atomic E-state index is 13.3. The third-order valence-electron chi connectivity index (χ3n) is 2.01. The standard InChI is InChI=1S/C9H5F3N2OS/c10-5-2-1-4(7(11)8(5)12)9(15)6-3-13-14-16-6/h1-3,9,15H. The van der Waals surface area contributed by atoms with Crippen LogP contribution >= 0.6 is 11.5 Å². The number of benzene rings is 1. The van der Waals surface area contributed by atoms with E-state index in [2.05, 4.69) is 9.59 Å². The van der Waals surface area contributed by atoms with Crippen LogP contribution in [0, 0.1) is 17.5 Å². The molecule has 3 nitrogen and oxygen atoms in total. The summed E-state index contributed by atoms with van der Waals surface area (Å²) in [6.07, 6.45) is -0.161. The van der Waals surface area contributed by atoms with Crippen molar-refractivity contribution < 1.29 is 18.3 Å². The molecule has 1 heterocycles. The van der Waals surface area contributed by atoms with Crippen molar-refractivity contribution >= 4 is 11.5 Å². The number of aliphatic hydroxyl groups is 1. The highest BCUT2D eigenvalue weighted by atomic mass is 32.1. The minimum atomic E-state index is -1.60. The van der Waals surface area contributed by atoms with Gasteiger partial charge in [-0.25, -0.2) is 13.2 Å². The van der Waals surface area contributed by atoms with Gasteiger partial charge in [0.05, 0.1) is 11.1 Å². The zero-order chi connectivity index (χ0) is 11.7. The highest BCUT2D eigenvalue weighted by molar-refractivity contribution is 7.05. The molecular weight excluding hydrogens is 241 g/mol. The van der Waals surface area contributed by atoms with Gasteiger partial charge in [-0.2, -0.15) is 0 Å².